The van der Waals surface area contributed by atoms with Crippen molar-refractivity contribution in [1.29, 1.82) is 5.26 Å². The Morgan fingerprint density at radius 2 is 1.80 bits per heavy atom. The summed E-state index contributed by atoms with van der Waals surface area (Å²) in [5.41, 5.74) is 1.83. The van der Waals surface area contributed by atoms with Crippen LogP contribution in [0.25, 0.3) is 11.5 Å². The largest absolute Gasteiger partial charge is 0.497 e. The van der Waals surface area contributed by atoms with E-state index in [4.69, 9.17) is 9.15 Å². The molecule has 0 aliphatic rings. The van der Waals surface area contributed by atoms with Crippen LogP contribution in [-0.4, -0.2) is 45.5 Å². The highest BCUT2D eigenvalue weighted by Crippen LogP contribution is 2.26. The predicted octanol–water partition coefficient (Wildman–Crippen LogP) is 3.13. The molecular weight excluding hydrogens is 404 g/mol. The molecule has 0 radical (unpaired) electrons. The van der Waals surface area contributed by atoms with Gasteiger partial charge in [0, 0.05) is 26.2 Å². The maximum absolute atomic E-state index is 12.2. The summed E-state index contributed by atoms with van der Waals surface area (Å²) in [5, 5.41) is 12.4. The monoisotopic (exact) mass is 426 g/mol. The van der Waals surface area contributed by atoms with Crippen molar-refractivity contribution in [3.63, 3.8) is 0 Å². The normalized spacial score (nSPS) is 11.3. The lowest BCUT2D eigenvalue weighted by Gasteiger charge is -2.11. The second kappa shape index (κ2) is 8.98. The summed E-state index contributed by atoms with van der Waals surface area (Å²) >= 11 is 0. The number of hydrogen-bond acceptors (Lipinski definition) is 7. The molecule has 1 aromatic heterocycles. The molecule has 0 aliphatic heterocycles. The number of nitrogens with one attached hydrogen (secondary N) is 1. The first kappa shape index (κ1) is 21.4. The van der Waals surface area contributed by atoms with Crippen LogP contribution in [0.1, 0.15) is 11.3 Å². The third-order valence-corrected chi connectivity index (χ3v) is 6.30. The topological polar surface area (TPSA) is 108 Å². The van der Waals surface area contributed by atoms with Crippen molar-refractivity contribution in [1.82, 2.24) is 9.29 Å². The molecule has 0 saturated carbocycles. The lowest BCUT2D eigenvalue weighted by atomic mass is 10.1. The number of anilines is 1. The number of rotatable bonds is 8. The Hall–Kier alpha value is -3.35. The molecule has 0 saturated heterocycles. The highest BCUT2D eigenvalue weighted by atomic mass is 32.2. The Labute approximate surface area is 175 Å². The van der Waals surface area contributed by atoms with E-state index in [9.17, 15) is 13.7 Å². The van der Waals surface area contributed by atoms with Gasteiger partial charge in [0.15, 0.2) is 0 Å². The fraction of sp³-hybridized carbons (Fsp3) is 0.238. The zero-order valence-electron chi connectivity index (χ0n) is 16.9. The van der Waals surface area contributed by atoms with Gasteiger partial charge in [-0.2, -0.15) is 10.2 Å². The van der Waals surface area contributed by atoms with Gasteiger partial charge in [0.1, 0.15) is 11.8 Å². The number of hydrogen-bond donors (Lipinski definition) is 1. The number of ether oxygens (including phenoxy) is 1. The summed E-state index contributed by atoms with van der Waals surface area (Å²) in [4.78, 5) is 4.38. The van der Waals surface area contributed by atoms with Gasteiger partial charge >= 0.3 is 0 Å². The molecule has 9 heteroatoms. The number of methoxy groups -OCH3 is 1. The first-order chi connectivity index (χ1) is 14.3. The van der Waals surface area contributed by atoms with Crippen molar-refractivity contribution in [3.8, 4) is 23.3 Å². The fourth-order valence-electron chi connectivity index (χ4n) is 2.73. The molecule has 1 heterocycles. The summed E-state index contributed by atoms with van der Waals surface area (Å²) in [6.07, 6.45) is 0.724. The molecule has 0 unspecified atom stereocenters. The van der Waals surface area contributed by atoms with Gasteiger partial charge in [-0.15, -0.1) is 0 Å². The lowest BCUT2D eigenvalue weighted by Crippen LogP contribution is -2.22. The van der Waals surface area contributed by atoms with Crippen LogP contribution >= 0.6 is 0 Å². The predicted molar refractivity (Wildman–Crippen MR) is 113 cm³/mol. The van der Waals surface area contributed by atoms with E-state index in [2.05, 4.69) is 10.3 Å². The molecule has 0 fully saturated rings. The second-order valence-corrected chi connectivity index (χ2v) is 8.80. The lowest BCUT2D eigenvalue weighted by molar-refractivity contribution is 0.414. The van der Waals surface area contributed by atoms with Crippen molar-refractivity contribution < 1.29 is 17.6 Å². The van der Waals surface area contributed by atoms with Crippen LogP contribution < -0.4 is 10.1 Å². The fourth-order valence-corrected chi connectivity index (χ4v) is 3.63. The molecule has 1 N–H and O–H groups in total. The van der Waals surface area contributed by atoms with E-state index in [1.165, 1.54) is 26.2 Å². The van der Waals surface area contributed by atoms with Gasteiger partial charge in [0.05, 0.1) is 12.0 Å². The van der Waals surface area contributed by atoms with Crippen molar-refractivity contribution in [2.45, 2.75) is 11.3 Å². The van der Waals surface area contributed by atoms with Crippen molar-refractivity contribution in [2.24, 2.45) is 0 Å². The van der Waals surface area contributed by atoms with E-state index in [0.29, 0.717) is 12.1 Å². The maximum Gasteiger partial charge on any atom is 0.242 e. The molecule has 0 atom stereocenters. The molecule has 0 amide bonds. The number of benzene rings is 2. The zero-order chi connectivity index (χ0) is 21.7. The van der Waals surface area contributed by atoms with E-state index in [-0.39, 0.29) is 22.4 Å². The van der Waals surface area contributed by atoms with Gasteiger partial charge in [-0.05, 0) is 48.4 Å². The zero-order valence-corrected chi connectivity index (χ0v) is 17.7. The van der Waals surface area contributed by atoms with E-state index < -0.39 is 10.0 Å². The molecular formula is C21H22N4O4S. The van der Waals surface area contributed by atoms with Gasteiger partial charge < -0.3 is 14.5 Å². The van der Waals surface area contributed by atoms with E-state index >= 15 is 0 Å². The van der Waals surface area contributed by atoms with Gasteiger partial charge in [-0.25, -0.2) is 12.7 Å². The maximum atomic E-state index is 12.2. The summed E-state index contributed by atoms with van der Waals surface area (Å²) in [5.74, 6) is 1.32. The van der Waals surface area contributed by atoms with Crippen molar-refractivity contribution in [3.05, 3.63) is 59.8 Å². The first-order valence-electron chi connectivity index (χ1n) is 9.16. The minimum absolute atomic E-state index is 0.143. The summed E-state index contributed by atoms with van der Waals surface area (Å²) in [6, 6.07) is 15.9. The minimum Gasteiger partial charge on any atom is -0.497 e. The Balaban J connectivity index is 1.72. The number of nitriles is 1. The highest BCUT2D eigenvalue weighted by molar-refractivity contribution is 7.89. The number of sulfonamides is 1. The van der Waals surface area contributed by atoms with Gasteiger partial charge in [-0.3, -0.25) is 0 Å². The van der Waals surface area contributed by atoms with E-state index in [1.807, 2.05) is 30.3 Å². The average molecular weight is 426 g/mol. The molecule has 0 bridgehead atoms. The number of aromatic nitrogens is 1. The Morgan fingerprint density at radius 1 is 1.13 bits per heavy atom. The van der Waals surface area contributed by atoms with Crippen LogP contribution in [0.3, 0.4) is 0 Å². The van der Waals surface area contributed by atoms with Crippen LogP contribution in [0.4, 0.5) is 5.88 Å². The van der Waals surface area contributed by atoms with Crippen LogP contribution in [0, 0.1) is 11.3 Å². The summed E-state index contributed by atoms with van der Waals surface area (Å²) in [6.45, 7) is 0.551. The average Bonchev–Trinajstić information content (AvgIpc) is 3.17. The molecule has 0 spiro atoms. The molecule has 30 heavy (non-hydrogen) atoms. The smallest absolute Gasteiger partial charge is 0.242 e. The Kier molecular flexibility index (Phi) is 6.40. The first-order valence-corrected chi connectivity index (χ1v) is 10.6. The van der Waals surface area contributed by atoms with Crippen molar-refractivity contribution in [2.75, 3.05) is 33.1 Å². The van der Waals surface area contributed by atoms with Crippen LogP contribution in [-0.2, 0) is 16.4 Å². The Morgan fingerprint density at radius 3 is 2.37 bits per heavy atom. The van der Waals surface area contributed by atoms with Crippen LogP contribution in [0.5, 0.6) is 5.75 Å². The molecule has 3 aromatic rings. The third-order valence-electron chi connectivity index (χ3n) is 4.47. The summed E-state index contributed by atoms with van der Waals surface area (Å²) in [7, 11) is 1.05. The number of oxazole rings is 1. The summed E-state index contributed by atoms with van der Waals surface area (Å²) < 4.78 is 36.4. The molecule has 8 nitrogen and oxygen atoms in total. The van der Waals surface area contributed by atoms with E-state index in [0.717, 1.165) is 22.0 Å². The van der Waals surface area contributed by atoms with E-state index in [1.54, 1.807) is 19.2 Å². The van der Waals surface area contributed by atoms with Gasteiger partial charge in [-0.1, -0.05) is 12.1 Å². The minimum atomic E-state index is -3.52. The number of nitrogens with zero attached hydrogens (tertiary/aromatic N) is 3. The van der Waals surface area contributed by atoms with Gasteiger partial charge in [0.2, 0.25) is 27.5 Å². The standard InChI is InChI=1S/C21H22N4O4S/c1-25(2)30(26,27)18-10-6-16(7-11-18)20-24-19(14-22)21(29-20)23-13-12-15-4-8-17(28-3)9-5-15/h4-11,23H,12-13H2,1-3H3. The quantitative estimate of drug-likeness (QED) is 0.589. The molecule has 156 valence electrons. The molecule has 0 aliphatic carbocycles. The van der Waals surface area contributed by atoms with Crippen molar-refractivity contribution >= 4 is 15.9 Å². The van der Waals surface area contributed by atoms with Crippen LogP contribution in [0.2, 0.25) is 0 Å². The second-order valence-electron chi connectivity index (χ2n) is 6.65. The third kappa shape index (κ3) is 4.62. The van der Waals surface area contributed by atoms with Crippen LogP contribution in [0.15, 0.2) is 57.8 Å². The molecule has 3 rings (SSSR count). The SMILES string of the molecule is COc1ccc(CCNc2oc(-c3ccc(S(=O)(=O)N(C)C)cc3)nc2C#N)cc1. The highest BCUT2D eigenvalue weighted by Gasteiger charge is 2.18. The Bertz CT molecular complexity index is 1150. The molecule has 2 aromatic carbocycles. The van der Waals surface area contributed by atoms with Gasteiger partial charge in [0.25, 0.3) is 0 Å².